The maximum atomic E-state index is 2.42. The summed E-state index contributed by atoms with van der Waals surface area (Å²) in [6.07, 6.45) is 2.02. The van der Waals surface area contributed by atoms with E-state index in [0.717, 1.165) is 12.8 Å². The van der Waals surface area contributed by atoms with Crippen molar-refractivity contribution < 1.29 is 0 Å². The lowest BCUT2D eigenvalue weighted by atomic mass is 9.99. The third kappa shape index (κ3) is 3.68. The Kier molecular flexibility index (Phi) is 5.25. The Hall–Kier alpha value is -4.76. The van der Waals surface area contributed by atoms with Crippen LogP contribution in [0.2, 0.25) is 0 Å². The minimum Gasteiger partial charge on any atom is -0.134 e. The van der Waals surface area contributed by atoms with Gasteiger partial charge in [-0.1, -0.05) is 97.1 Å². The smallest absolute Gasteiger partial charge is 0.0449 e. The van der Waals surface area contributed by atoms with Gasteiger partial charge in [-0.05, 0) is 126 Å². The summed E-state index contributed by atoms with van der Waals surface area (Å²) < 4.78 is 0. The van der Waals surface area contributed by atoms with Crippen LogP contribution in [0.15, 0.2) is 133 Å². The molecule has 2 heterocycles. The molecule has 10 rings (SSSR count). The van der Waals surface area contributed by atoms with Crippen molar-refractivity contribution in [3.8, 4) is 52.9 Å². The monoisotopic (exact) mass is 594 g/mol. The van der Waals surface area contributed by atoms with Gasteiger partial charge in [0.2, 0.25) is 0 Å². The number of benzene rings is 6. The summed E-state index contributed by atoms with van der Waals surface area (Å²) in [6.45, 7) is 0. The van der Waals surface area contributed by atoms with Crippen molar-refractivity contribution in [1.29, 1.82) is 0 Å². The Bertz CT molecular complexity index is 2280. The third-order valence-electron chi connectivity index (χ3n) is 9.63. The fourth-order valence-electron chi connectivity index (χ4n) is 7.50. The van der Waals surface area contributed by atoms with E-state index in [1.54, 1.807) is 0 Å². The molecule has 0 amide bonds. The summed E-state index contributed by atoms with van der Waals surface area (Å²) in [5, 5.41) is 5.43. The predicted octanol–water partition coefficient (Wildman–Crippen LogP) is 12.3. The molecule has 0 unspecified atom stereocenters. The van der Waals surface area contributed by atoms with Crippen LogP contribution in [0, 0.1) is 0 Å². The highest BCUT2D eigenvalue weighted by Crippen LogP contribution is 2.46. The van der Waals surface area contributed by atoms with E-state index in [9.17, 15) is 0 Å². The molecule has 2 aliphatic rings. The quantitative estimate of drug-likeness (QED) is 0.191. The maximum absolute atomic E-state index is 2.42. The zero-order valence-corrected chi connectivity index (χ0v) is 25.6. The van der Waals surface area contributed by atoms with Crippen LogP contribution in [0.5, 0.6) is 0 Å². The molecule has 8 aromatic rings. The van der Waals surface area contributed by atoms with Crippen LogP contribution in [0.1, 0.15) is 22.3 Å². The Labute approximate surface area is 264 Å². The molecule has 2 aromatic heterocycles. The molecule has 0 saturated carbocycles. The minimum absolute atomic E-state index is 1.01. The Morgan fingerprint density at radius 3 is 1.30 bits per heavy atom. The first kappa shape index (κ1) is 24.7. The standard InChI is InChI=1S/C42H26S2/c1-3-7-31-25(5-1)9-15-35-33-13-11-27(21-29(33)23-37(31)35)39-17-19-41(43-39)42-20-18-40(44-42)28-12-14-34-30(22-28)24-38-32-8-4-2-6-26(32)10-16-36(34)38/h1-22H,23-24H2. The second-order valence-corrected chi connectivity index (χ2v) is 14.2. The molecule has 0 aliphatic heterocycles. The Morgan fingerprint density at radius 2 is 0.795 bits per heavy atom. The second-order valence-electron chi connectivity index (χ2n) is 12.1. The van der Waals surface area contributed by atoms with Gasteiger partial charge in [0.05, 0.1) is 0 Å². The van der Waals surface area contributed by atoms with Gasteiger partial charge < -0.3 is 0 Å². The number of hydrogen-bond donors (Lipinski definition) is 0. The molecule has 0 fully saturated rings. The molecule has 0 nitrogen and oxygen atoms in total. The zero-order chi connectivity index (χ0) is 28.8. The van der Waals surface area contributed by atoms with Crippen molar-refractivity contribution in [2.75, 3.05) is 0 Å². The average molecular weight is 595 g/mol. The first-order chi connectivity index (χ1) is 21.8. The molecule has 2 heteroatoms. The molecule has 0 spiro atoms. The fraction of sp³-hybridized carbons (Fsp3) is 0.0476. The van der Waals surface area contributed by atoms with Crippen molar-refractivity contribution in [3.05, 3.63) is 156 Å². The van der Waals surface area contributed by atoms with Crippen LogP contribution < -0.4 is 0 Å². The molecule has 0 saturated heterocycles. The third-order valence-corrected chi connectivity index (χ3v) is 12.1. The van der Waals surface area contributed by atoms with E-state index >= 15 is 0 Å². The highest BCUT2D eigenvalue weighted by Gasteiger charge is 2.23. The highest BCUT2D eigenvalue weighted by molar-refractivity contribution is 7.25. The van der Waals surface area contributed by atoms with Crippen LogP contribution in [0.3, 0.4) is 0 Å². The molecule has 2 aliphatic carbocycles. The number of fused-ring (bicyclic) bond motifs is 10. The number of rotatable bonds is 3. The van der Waals surface area contributed by atoms with E-state index in [1.807, 2.05) is 22.7 Å². The van der Waals surface area contributed by atoms with Crippen LogP contribution in [0.25, 0.3) is 74.4 Å². The summed E-state index contributed by atoms with van der Waals surface area (Å²) in [5.41, 5.74) is 14.0. The lowest BCUT2D eigenvalue weighted by Gasteiger charge is -2.05. The lowest BCUT2D eigenvalue weighted by Crippen LogP contribution is -1.83. The van der Waals surface area contributed by atoms with Gasteiger partial charge >= 0.3 is 0 Å². The fourth-order valence-corrected chi connectivity index (χ4v) is 9.60. The first-order valence-corrected chi connectivity index (χ1v) is 16.9. The van der Waals surface area contributed by atoms with Gasteiger partial charge in [-0.2, -0.15) is 0 Å². The molecule has 6 aromatic carbocycles. The van der Waals surface area contributed by atoms with Crippen molar-refractivity contribution >= 4 is 44.2 Å². The molecule has 0 bridgehead atoms. The van der Waals surface area contributed by atoms with E-state index in [0.29, 0.717) is 0 Å². The predicted molar refractivity (Wildman–Crippen MR) is 190 cm³/mol. The van der Waals surface area contributed by atoms with E-state index < -0.39 is 0 Å². The lowest BCUT2D eigenvalue weighted by molar-refractivity contribution is 1.29. The van der Waals surface area contributed by atoms with Gasteiger partial charge in [0.15, 0.2) is 0 Å². The summed E-state index contributed by atoms with van der Waals surface area (Å²) in [4.78, 5) is 5.35. The highest BCUT2D eigenvalue weighted by atomic mass is 32.1. The summed E-state index contributed by atoms with van der Waals surface area (Å²) in [7, 11) is 0. The van der Waals surface area contributed by atoms with Gasteiger partial charge in [-0.3, -0.25) is 0 Å². The summed E-state index contributed by atoms with van der Waals surface area (Å²) >= 11 is 3.81. The largest absolute Gasteiger partial charge is 0.134 e. The average Bonchev–Trinajstić information content (AvgIpc) is 3.88. The Balaban J connectivity index is 0.936. The van der Waals surface area contributed by atoms with E-state index in [1.165, 1.54) is 96.7 Å². The van der Waals surface area contributed by atoms with Crippen molar-refractivity contribution in [2.45, 2.75) is 12.8 Å². The van der Waals surface area contributed by atoms with Gasteiger partial charge in [0, 0.05) is 19.5 Å². The number of hydrogen-bond acceptors (Lipinski definition) is 2. The van der Waals surface area contributed by atoms with Crippen LogP contribution >= 0.6 is 22.7 Å². The number of thiophene rings is 2. The SMILES string of the molecule is c1ccc2c3c(ccc2c1)-c1ccc(-c2ccc(-c4ccc(-c5ccc6c(c5)Cc5c-6ccc6ccccc56)s4)s2)cc1C3. The molecule has 206 valence electrons. The Morgan fingerprint density at radius 1 is 0.364 bits per heavy atom. The van der Waals surface area contributed by atoms with E-state index in [-0.39, 0.29) is 0 Å². The van der Waals surface area contributed by atoms with Crippen molar-refractivity contribution in [1.82, 2.24) is 0 Å². The zero-order valence-electron chi connectivity index (χ0n) is 23.9. The van der Waals surface area contributed by atoms with Crippen molar-refractivity contribution in [3.63, 3.8) is 0 Å². The minimum atomic E-state index is 1.01. The maximum Gasteiger partial charge on any atom is 0.0449 e. The van der Waals surface area contributed by atoms with Gasteiger partial charge in [0.1, 0.15) is 0 Å². The molecule has 0 N–H and O–H groups in total. The second kappa shape index (κ2) is 9.37. The molecule has 0 radical (unpaired) electrons. The van der Waals surface area contributed by atoms with Crippen molar-refractivity contribution in [2.24, 2.45) is 0 Å². The van der Waals surface area contributed by atoms with Crippen LogP contribution in [-0.2, 0) is 12.8 Å². The summed E-state index contributed by atoms with van der Waals surface area (Å²) in [5.74, 6) is 0. The summed E-state index contributed by atoms with van der Waals surface area (Å²) in [6, 6.07) is 50.0. The van der Waals surface area contributed by atoms with Crippen LogP contribution in [-0.4, -0.2) is 0 Å². The molecular formula is C42H26S2. The van der Waals surface area contributed by atoms with Gasteiger partial charge in [-0.15, -0.1) is 22.7 Å². The van der Waals surface area contributed by atoms with E-state index in [2.05, 4.69) is 133 Å². The first-order valence-electron chi connectivity index (χ1n) is 15.3. The molecule has 0 atom stereocenters. The van der Waals surface area contributed by atoms with Gasteiger partial charge in [-0.25, -0.2) is 0 Å². The topological polar surface area (TPSA) is 0 Å². The molecular weight excluding hydrogens is 569 g/mol. The van der Waals surface area contributed by atoms with Gasteiger partial charge in [0.25, 0.3) is 0 Å². The van der Waals surface area contributed by atoms with E-state index in [4.69, 9.17) is 0 Å². The molecule has 44 heavy (non-hydrogen) atoms. The van der Waals surface area contributed by atoms with Crippen LogP contribution in [0.4, 0.5) is 0 Å². The normalized spacial score (nSPS) is 12.8.